The smallest absolute Gasteiger partial charge is 0.0390 e. The van der Waals surface area contributed by atoms with E-state index >= 15 is 0 Å². The summed E-state index contributed by atoms with van der Waals surface area (Å²) in [6.45, 7) is 0. The second-order valence-electron chi connectivity index (χ2n) is 6.02. The van der Waals surface area contributed by atoms with Crippen LogP contribution < -0.4 is 5.32 Å². The van der Waals surface area contributed by atoms with Crippen LogP contribution in [0.4, 0.5) is 11.4 Å². The van der Waals surface area contributed by atoms with E-state index in [1.807, 2.05) is 24.3 Å². The zero-order valence-electron chi connectivity index (χ0n) is 13.9. The highest BCUT2D eigenvalue weighted by Crippen LogP contribution is 2.27. The van der Waals surface area contributed by atoms with Crippen LogP contribution in [-0.2, 0) is 0 Å². The molecule has 0 unspecified atom stereocenters. The molecule has 1 heteroatoms. The zero-order chi connectivity index (χ0) is 16.9. The van der Waals surface area contributed by atoms with E-state index in [0.29, 0.717) is 0 Å². The molecule has 0 heterocycles. The third kappa shape index (κ3) is 3.61. The second kappa shape index (κ2) is 7.06. The van der Waals surface area contributed by atoms with Crippen LogP contribution in [0, 0.1) is 0 Å². The number of hydrogen-bond donors (Lipinski definition) is 1. The van der Waals surface area contributed by atoms with Crippen molar-refractivity contribution in [3.63, 3.8) is 0 Å². The minimum absolute atomic E-state index is 1.09. The van der Waals surface area contributed by atoms with Crippen molar-refractivity contribution in [1.82, 2.24) is 0 Å². The standard InChI is InChI=1S/C24H19N/c1-3-8-19(9-4-1)20-14-16-21(17-15-20)22-10-7-13-24(18-22)25-23-11-5-2-6-12-23/h1-18,25H. The number of anilines is 2. The molecule has 1 N–H and O–H groups in total. The fourth-order valence-electron chi connectivity index (χ4n) is 2.95. The van der Waals surface area contributed by atoms with Gasteiger partial charge in [0.05, 0.1) is 0 Å². The van der Waals surface area contributed by atoms with E-state index in [1.165, 1.54) is 22.3 Å². The molecule has 0 spiro atoms. The summed E-state index contributed by atoms with van der Waals surface area (Å²) in [6, 6.07) is 37.9. The van der Waals surface area contributed by atoms with Gasteiger partial charge in [-0.1, -0.05) is 84.9 Å². The molecular weight excluding hydrogens is 302 g/mol. The Labute approximate surface area is 148 Å². The van der Waals surface area contributed by atoms with E-state index in [0.717, 1.165) is 11.4 Å². The molecule has 0 saturated heterocycles. The maximum Gasteiger partial charge on any atom is 0.0390 e. The number of nitrogens with one attached hydrogen (secondary N) is 1. The van der Waals surface area contributed by atoms with Gasteiger partial charge in [0.25, 0.3) is 0 Å². The Morgan fingerprint density at radius 3 is 1.52 bits per heavy atom. The lowest BCUT2D eigenvalue weighted by molar-refractivity contribution is 1.54. The van der Waals surface area contributed by atoms with Gasteiger partial charge in [0, 0.05) is 11.4 Å². The molecule has 0 aliphatic carbocycles. The number of benzene rings is 4. The van der Waals surface area contributed by atoms with Crippen LogP contribution in [0.1, 0.15) is 0 Å². The summed E-state index contributed by atoms with van der Waals surface area (Å²) >= 11 is 0. The molecule has 120 valence electrons. The maximum absolute atomic E-state index is 3.45. The normalized spacial score (nSPS) is 10.4. The molecule has 4 rings (SSSR count). The van der Waals surface area contributed by atoms with Crippen molar-refractivity contribution in [3.8, 4) is 22.3 Å². The van der Waals surface area contributed by atoms with Gasteiger partial charge in [-0.05, 0) is 46.5 Å². The maximum atomic E-state index is 3.45. The fraction of sp³-hybridized carbons (Fsp3) is 0. The van der Waals surface area contributed by atoms with E-state index < -0.39 is 0 Å². The average molecular weight is 321 g/mol. The molecular formula is C24H19N. The van der Waals surface area contributed by atoms with Crippen LogP contribution in [0.2, 0.25) is 0 Å². The molecule has 0 fully saturated rings. The zero-order valence-corrected chi connectivity index (χ0v) is 13.9. The summed E-state index contributed by atoms with van der Waals surface area (Å²) in [6.07, 6.45) is 0. The summed E-state index contributed by atoms with van der Waals surface area (Å²) in [5.41, 5.74) is 7.10. The summed E-state index contributed by atoms with van der Waals surface area (Å²) < 4.78 is 0. The van der Waals surface area contributed by atoms with Gasteiger partial charge in [0.15, 0.2) is 0 Å². The highest BCUT2D eigenvalue weighted by atomic mass is 14.9. The molecule has 25 heavy (non-hydrogen) atoms. The average Bonchev–Trinajstić information content (AvgIpc) is 2.70. The van der Waals surface area contributed by atoms with Crippen molar-refractivity contribution in [2.45, 2.75) is 0 Å². The van der Waals surface area contributed by atoms with Crippen LogP contribution in [0.3, 0.4) is 0 Å². The molecule has 0 atom stereocenters. The molecule has 4 aromatic carbocycles. The lowest BCUT2D eigenvalue weighted by Gasteiger charge is -2.09. The van der Waals surface area contributed by atoms with E-state index in [4.69, 9.17) is 0 Å². The van der Waals surface area contributed by atoms with Gasteiger partial charge in [-0.2, -0.15) is 0 Å². The van der Waals surface area contributed by atoms with E-state index in [-0.39, 0.29) is 0 Å². The van der Waals surface area contributed by atoms with E-state index in [9.17, 15) is 0 Å². The lowest BCUT2D eigenvalue weighted by atomic mass is 10.00. The van der Waals surface area contributed by atoms with Gasteiger partial charge in [-0.25, -0.2) is 0 Å². The number of para-hydroxylation sites is 1. The van der Waals surface area contributed by atoms with E-state index in [1.54, 1.807) is 0 Å². The minimum atomic E-state index is 1.09. The molecule has 0 radical (unpaired) electrons. The highest BCUT2D eigenvalue weighted by molar-refractivity contribution is 5.73. The first-order valence-electron chi connectivity index (χ1n) is 8.46. The predicted molar refractivity (Wildman–Crippen MR) is 107 cm³/mol. The molecule has 0 amide bonds. The summed E-state index contributed by atoms with van der Waals surface area (Å²) in [7, 11) is 0. The van der Waals surface area contributed by atoms with E-state index in [2.05, 4.69) is 90.2 Å². The monoisotopic (exact) mass is 321 g/mol. The molecule has 0 saturated carbocycles. The van der Waals surface area contributed by atoms with Crippen LogP contribution in [0.15, 0.2) is 109 Å². The van der Waals surface area contributed by atoms with Crippen molar-refractivity contribution in [2.24, 2.45) is 0 Å². The largest absolute Gasteiger partial charge is 0.356 e. The number of rotatable bonds is 4. The Morgan fingerprint density at radius 1 is 0.360 bits per heavy atom. The Kier molecular flexibility index (Phi) is 4.30. The Morgan fingerprint density at radius 2 is 0.840 bits per heavy atom. The predicted octanol–water partition coefficient (Wildman–Crippen LogP) is 6.76. The lowest BCUT2D eigenvalue weighted by Crippen LogP contribution is -1.90. The Balaban J connectivity index is 1.59. The van der Waals surface area contributed by atoms with Crippen molar-refractivity contribution < 1.29 is 0 Å². The van der Waals surface area contributed by atoms with Crippen molar-refractivity contribution in [1.29, 1.82) is 0 Å². The molecule has 0 aliphatic rings. The molecule has 0 aliphatic heterocycles. The topological polar surface area (TPSA) is 12.0 Å². The summed E-state index contributed by atoms with van der Waals surface area (Å²) in [5, 5.41) is 3.45. The van der Waals surface area contributed by atoms with Gasteiger partial charge in [-0.3, -0.25) is 0 Å². The minimum Gasteiger partial charge on any atom is -0.356 e. The van der Waals surface area contributed by atoms with Crippen LogP contribution in [0.25, 0.3) is 22.3 Å². The van der Waals surface area contributed by atoms with Gasteiger partial charge in [0.1, 0.15) is 0 Å². The molecule has 0 bridgehead atoms. The summed E-state index contributed by atoms with van der Waals surface area (Å²) in [4.78, 5) is 0. The van der Waals surface area contributed by atoms with Gasteiger partial charge in [-0.15, -0.1) is 0 Å². The van der Waals surface area contributed by atoms with Crippen LogP contribution in [0.5, 0.6) is 0 Å². The number of hydrogen-bond acceptors (Lipinski definition) is 1. The third-order valence-corrected chi connectivity index (χ3v) is 4.25. The Hall–Kier alpha value is -3.32. The van der Waals surface area contributed by atoms with Crippen LogP contribution >= 0.6 is 0 Å². The molecule has 4 aromatic rings. The van der Waals surface area contributed by atoms with Crippen molar-refractivity contribution in [2.75, 3.05) is 5.32 Å². The van der Waals surface area contributed by atoms with Gasteiger partial charge >= 0.3 is 0 Å². The highest BCUT2D eigenvalue weighted by Gasteiger charge is 2.02. The third-order valence-electron chi connectivity index (χ3n) is 4.25. The first kappa shape index (κ1) is 15.2. The second-order valence-corrected chi connectivity index (χ2v) is 6.02. The Bertz CT molecular complexity index is 942. The SMILES string of the molecule is c1ccc(Nc2cccc(-c3ccc(-c4ccccc4)cc3)c2)cc1. The summed E-state index contributed by atoms with van der Waals surface area (Å²) in [5.74, 6) is 0. The fourth-order valence-corrected chi connectivity index (χ4v) is 2.95. The first-order chi connectivity index (χ1) is 12.4. The van der Waals surface area contributed by atoms with Gasteiger partial charge < -0.3 is 5.32 Å². The van der Waals surface area contributed by atoms with Crippen molar-refractivity contribution in [3.05, 3.63) is 109 Å². The van der Waals surface area contributed by atoms with Crippen molar-refractivity contribution >= 4 is 11.4 Å². The molecule has 0 aromatic heterocycles. The first-order valence-corrected chi connectivity index (χ1v) is 8.46. The van der Waals surface area contributed by atoms with Crippen LogP contribution in [-0.4, -0.2) is 0 Å². The van der Waals surface area contributed by atoms with Gasteiger partial charge in [0.2, 0.25) is 0 Å². The quantitative estimate of drug-likeness (QED) is 0.437. The molecule has 1 nitrogen and oxygen atoms in total.